The number of aliphatic hydroxyl groups is 1. The molecule has 1 aliphatic heterocycles. The van der Waals surface area contributed by atoms with Crippen LogP contribution in [0.3, 0.4) is 0 Å². The molecule has 0 bridgehead atoms. The van der Waals surface area contributed by atoms with Gasteiger partial charge in [0.15, 0.2) is 0 Å². The third-order valence-electron chi connectivity index (χ3n) is 4.57. The number of rotatable bonds is 8. The van der Waals surface area contributed by atoms with Crippen LogP contribution in [-0.2, 0) is 14.3 Å². The van der Waals surface area contributed by atoms with Gasteiger partial charge in [0.05, 0.1) is 18.6 Å². The SMILES string of the molecule is CC1(C)CC(C(=O)OCCCCC(O)/C=C/C(=O)O)CC(C)(C)N1O. The molecule has 0 radical (unpaired) electrons. The van der Waals surface area contributed by atoms with Crippen LogP contribution in [0.5, 0.6) is 0 Å². The zero-order valence-corrected chi connectivity index (χ0v) is 15.6. The molecular formula is C18H31NO6. The highest BCUT2D eigenvalue weighted by Crippen LogP contribution is 2.40. The number of ether oxygens (including phenoxy) is 1. The molecule has 7 nitrogen and oxygen atoms in total. The summed E-state index contributed by atoms with van der Waals surface area (Å²) in [4.78, 5) is 22.6. The van der Waals surface area contributed by atoms with Gasteiger partial charge >= 0.3 is 11.9 Å². The van der Waals surface area contributed by atoms with Gasteiger partial charge in [0.1, 0.15) is 0 Å². The van der Waals surface area contributed by atoms with Crippen LogP contribution in [0.1, 0.15) is 59.8 Å². The lowest BCUT2D eigenvalue weighted by Gasteiger charge is -2.50. The van der Waals surface area contributed by atoms with Crippen LogP contribution in [0.25, 0.3) is 0 Å². The molecule has 0 aliphatic carbocycles. The third kappa shape index (κ3) is 6.76. The van der Waals surface area contributed by atoms with Crippen LogP contribution >= 0.6 is 0 Å². The van der Waals surface area contributed by atoms with Crippen molar-refractivity contribution in [3.05, 3.63) is 12.2 Å². The van der Waals surface area contributed by atoms with E-state index in [-0.39, 0.29) is 18.5 Å². The van der Waals surface area contributed by atoms with Crippen LogP contribution in [-0.4, -0.2) is 56.2 Å². The van der Waals surface area contributed by atoms with Crippen molar-refractivity contribution < 1.29 is 29.7 Å². The Balaban J connectivity index is 2.34. The number of carbonyl (C=O) groups excluding carboxylic acids is 1. The Morgan fingerprint density at radius 3 is 2.28 bits per heavy atom. The first-order valence-electron chi connectivity index (χ1n) is 8.71. The number of piperidine rings is 1. The van der Waals surface area contributed by atoms with Crippen LogP contribution in [0.15, 0.2) is 12.2 Å². The molecule has 7 heteroatoms. The summed E-state index contributed by atoms with van der Waals surface area (Å²) in [5.41, 5.74) is -0.988. The molecular weight excluding hydrogens is 326 g/mol. The second-order valence-corrected chi connectivity index (χ2v) is 7.97. The quantitative estimate of drug-likeness (QED) is 0.348. The van der Waals surface area contributed by atoms with Gasteiger partial charge < -0.3 is 20.2 Å². The molecule has 0 spiro atoms. The monoisotopic (exact) mass is 357 g/mol. The molecule has 3 N–H and O–H groups in total. The first kappa shape index (κ1) is 21.6. The van der Waals surface area contributed by atoms with Crippen molar-refractivity contribution in [2.24, 2.45) is 5.92 Å². The van der Waals surface area contributed by atoms with Crippen molar-refractivity contribution >= 4 is 11.9 Å². The minimum atomic E-state index is -1.09. The zero-order valence-electron chi connectivity index (χ0n) is 15.6. The second kappa shape index (κ2) is 8.78. The minimum absolute atomic E-state index is 0.249. The number of hydrogen-bond acceptors (Lipinski definition) is 6. The summed E-state index contributed by atoms with van der Waals surface area (Å²) in [6.45, 7) is 7.88. The van der Waals surface area contributed by atoms with Crippen molar-refractivity contribution in [1.29, 1.82) is 0 Å². The fourth-order valence-electron chi connectivity index (χ4n) is 3.47. The molecule has 25 heavy (non-hydrogen) atoms. The van der Waals surface area contributed by atoms with Gasteiger partial charge in [-0.2, -0.15) is 5.06 Å². The summed E-state index contributed by atoms with van der Waals surface area (Å²) in [5.74, 6) is -1.59. The number of aliphatic carboxylic acids is 1. The molecule has 1 fully saturated rings. The molecule has 1 unspecified atom stereocenters. The number of hydrogen-bond donors (Lipinski definition) is 3. The van der Waals surface area contributed by atoms with Crippen molar-refractivity contribution in [2.45, 2.75) is 77.0 Å². The summed E-state index contributed by atoms with van der Waals surface area (Å²) >= 11 is 0. The molecule has 144 valence electrons. The molecule has 1 heterocycles. The van der Waals surface area contributed by atoms with Crippen LogP contribution < -0.4 is 0 Å². The lowest BCUT2D eigenvalue weighted by Crippen LogP contribution is -2.60. The van der Waals surface area contributed by atoms with Gasteiger partial charge in [-0.1, -0.05) is 0 Å². The maximum absolute atomic E-state index is 12.3. The summed E-state index contributed by atoms with van der Waals surface area (Å²) in [7, 11) is 0. The Hall–Kier alpha value is -1.44. The summed E-state index contributed by atoms with van der Waals surface area (Å²) in [6, 6.07) is 0. The van der Waals surface area contributed by atoms with Crippen molar-refractivity contribution in [2.75, 3.05) is 6.61 Å². The van der Waals surface area contributed by atoms with Gasteiger partial charge in [0, 0.05) is 17.2 Å². The fraction of sp³-hybridized carbons (Fsp3) is 0.778. The number of hydroxylamine groups is 2. The largest absolute Gasteiger partial charge is 0.478 e. The van der Waals surface area contributed by atoms with E-state index in [1.165, 1.54) is 11.1 Å². The minimum Gasteiger partial charge on any atom is -0.478 e. The van der Waals surface area contributed by atoms with Crippen molar-refractivity contribution in [3.8, 4) is 0 Å². The van der Waals surface area contributed by atoms with E-state index in [1.54, 1.807) is 0 Å². The van der Waals surface area contributed by atoms with Gasteiger partial charge in [0.2, 0.25) is 0 Å². The predicted octanol–water partition coefficient (Wildman–Crippen LogP) is 2.36. The van der Waals surface area contributed by atoms with E-state index in [1.807, 2.05) is 27.7 Å². The number of carboxylic acids is 1. The lowest BCUT2D eigenvalue weighted by molar-refractivity contribution is -0.251. The average molecular weight is 357 g/mol. The van der Waals surface area contributed by atoms with Gasteiger partial charge in [-0.05, 0) is 65.9 Å². The predicted molar refractivity (Wildman–Crippen MR) is 92.1 cm³/mol. The zero-order chi connectivity index (χ0) is 19.3. The standard InChI is InChI=1S/C18H31NO6/c1-17(2)11-13(12-18(3,4)19(17)24)16(23)25-10-6-5-7-14(20)8-9-15(21)22/h8-9,13-14,20,24H,5-7,10-12H2,1-4H3,(H,21,22)/b9-8+. The third-order valence-corrected chi connectivity index (χ3v) is 4.57. The van der Waals surface area contributed by atoms with Crippen LogP contribution in [0.4, 0.5) is 0 Å². The first-order chi connectivity index (χ1) is 11.5. The van der Waals surface area contributed by atoms with Crippen LogP contribution in [0.2, 0.25) is 0 Å². The van der Waals surface area contributed by atoms with E-state index in [0.29, 0.717) is 32.1 Å². The normalized spacial score (nSPS) is 22.0. The maximum atomic E-state index is 12.3. The Bertz CT molecular complexity index is 482. The topological polar surface area (TPSA) is 107 Å². The number of carboxylic acid groups (broad SMARTS) is 1. The lowest BCUT2D eigenvalue weighted by atomic mass is 9.75. The fourth-order valence-corrected chi connectivity index (χ4v) is 3.47. The van der Waals surface area contributed by atoms with E-state index < -0.39 is 23.2 Å². The highest BCUT2D eigenvalue weighted by atomic mass is 16.5. The summed E-state index contributed by atoms with van der Waals surface area (Å²) in [5, 5.41) is 29.6. The molecule has 0 saturated carbocycles. The summed E-state index contributed by atoms with van der Waals surface area (Å²) in [6.07, 6.45) is 4.07. The highest BCUT2D eigenvalue weighted by molar-refractivity contribution is 5.79. The number of nitrogens with zero attached hydrogens (tertiary/aromatic N) is 1. The van der Waals surface area contributed by atoms with E-state index in [0.717, 1.165) is 6.08 Å². The van der Waals surface area contributed by atoms with E-state index >= 15 is 0 Å². The van der Waals surface area contributed by atoms with Crippen molar-refractivity contribution in [3.63, 3.8) is 0 Å². The Labute approximate surface area is 149 Å². The molecule has 0 aromatic rings. The molecule has 1 saturated heterocycles. The van der Waals surface area contributed by atoms with Gasteiger partial charge in [0.25, 0.3) is 0 Å². The Kier molecular flexibility index (Phi) is 7.59. The smallest absolute Gasteiger partial charge is 0.328 e. The average Bonchev–Trinajstić information content (AvgIpc) is 2.49. The van der Waals surface area contributed by atoms with Crippen molar-refractivity contribution in [1.82, 2.24) is 5.06 Å². The first-order valence-corrected chi connectivity index (χ1v) is 8.71. The number of aliphatic hydroxyl groups excluding tert-OH is 1. The van der Waals surface area contributed by atoms with E-state index in [9.17, 15) is 19.9 Å². The molecule has 0 amide bonds. The molecule has 0 aromatic heterocycles. The number of carbonyl (C=O) groups is 2. The Morgan fingerprint density at radius 2 is 1.76 bits per heavy atom. The molecule has 1 aliphatic rings. The molecule has 1 rings (SSSR count). The maximum Gasteiger partial charge on any atom is 0.328 e. The molecule has 1 atom stereocenters. The van der Waals surface area contributed by atoms with Gasteiger partial charge in [-0.15, -0.1) is 0 Å². The summed E-state index contributed by atoms with van der Waals surface area (Å²) < 4.78 is 5.35. The van der Waals surface area contributed by atoms with Gasteiger partial charge in [-0.3, -0.25) is 4.79 Å². The molecule has 0 aromatic carbocycles. The number of esters is 1. The van der Waals surface area contributed by atoms with Gasteiger partial charge in [-0.25, -0.2) is 4.79 Å². The highest BCUT2D eigenvalue weighted by Gasteiger charge is 2.47. The second-order valence-electron chi connectivity index (χ2n) is 7.97. The van der Waals surface area contributed by atoms with E-state index in [2.05, 4.69) is 0 Å². The van der Waals surface area contributed by atoms with Crippen LogP contribution in [0, 0.1) is 5.92 Å². The Morgan fingerprint density at radius 1 is 1.20 bits per heavy atom. The van der Waals surface area contributed by atoms with E-state index in [4.69, 9.17) is 9.84 Å². The number of unbranched alkanes of at least 4 members (excludes halogenated alkanes) is 1.